The van der Waals surface area contributed by atoms with Crippen LogP contribution in [0.25, 0.3) is 0 Å². The van der Waals surface area contributed by atoms with Crippen molar-refractivity contribution in [3.63, 3.8) is 0 Å². The molecule has 0 aromatic heterocycles. The quantitative estimate of drug-likeness (QED) is 0.580. The van der Waals surface area contributed by atoms with Crippen LogP contribution in [0.3, 0.4) is 0 Å². The van der Waals surface area contributed by atoms with E-state index in [0.29, 0.717) is 17.9 Å². The van der Waals surface area contributed by atoms with Crippen LogP contribution in [0, 0.1) is 0 Å². The number of hydrogen-bond acceptors (Lipinski definition) is 3. The van der Waals surface area contributed by atoms with Crippen LogP contribution < -0.4 is 10.6 Å². The van der Waals surface area contributed by atoms with Crippen molar-refractivity contribution < 1.29 is 14.6 Å². The third-order valence-corrected chi connectivity index (χ3v) is 1.69. The van der Waals surface area contributed by atoms with Crippen molar-refractivity contribution in [2.24, 2.45) is 0 Å². The van der Waals surface area contributed by atoms with E-state index >= 15 is 0 Å². The minimum absolute atomic E-state index is 0.319. The number of carbonyl (C=O) groups is 1. The molecule has 1 heterocycles. The molecule has 0 saturated carbocycles. The van der Waals surface area contributed by atoms with Crippen LogP contribution in [0.2, 0.25) is 0 Å². The summed E-state index contributed by atoms with van der Waals surface area (Å²) in [6.45, 7) is 0.405. The first kappa shape index (κ1) is 7.12. The van der Waals surface area contributed by atoms with Gasteiger partial charge in [-0.15, -0.1) is 0 Å². The fourth-order valence-corrected chi connectivity index (χ4v) is 1.05. The Morgan fingerprint density at radius 1 is 1.50 bits per heavy atom. The van der Waals surface area contributed by atoms with Gasteiger partial charge in [0, 0.05) is 11.1 Å². The Balaban J connectivity index is 2.45. The molecule has 1 N–H and O–H groups in total. The van der Waals surface area contributed by atoms with E-state index in [1.54, 1.807) is 12.1 Å². The van der Waals surface area contributed by atoms with E-state index in [-0.39, 0.29) is 0 Å². The molecule has 1 aromatic carbocycles. The van der Waals surface area contributed by atoms with E-state index in [4.69, 9.17) is 10.6 Å². The second-order valence-corrected chi connectivity index (χ2v) is 2.50. The van der Waals surface area contributed by atoms with Gasteiger partial charge in [0.15, 0.2) is 5.75 Å². The van der Waals surface area contributed by atoms with Gasteiger partial charge in [0.25, 0.3) is 5.91 Å². The summed E-state index contributed by atoms with van der Waals surface area (Å²) in [5.41, 5.74) is 8.07. The molecule has 1 radical (unpaired) electrons. The van der Waals surface area contributed by atoms with Gasteiger partial charge in [0.1, 0.15) is 6.61 Å². The van der Waals surface area contributed by atoms with Crippen LogP contribution in [0.5, 0.6) is 5.75 Å². The van der Waals surface area contributed by atoms with E-state index in [2.05, 4.69) is 4.89 Å². The average molecular weight is 164 g/mol. The minimum atomic E-state index is -0.715. The molecular formula is C8H6NO3. The molecule has 0 atom stereocenters. The standard InChI is InChI=1S/C8H6NO3/c9-8(10)5-1-2-6-4-11-12-7(6)3-5/h1-3,9H,4H2. The maximum atomic E-state index is 10.6. The molecule has 0 saturated heterocycles. The molecule has 2 rings (SSSR count). The maximum absolute atomic E-state index is 10.6. The normalized spacial score (nSPS) is 13.7. The number of amides is 1. The molecular weight excluding hydrogens is 158 g/mol. The van der Waals surface area contributed by atoms with Gasteiger partial charge < -0.3 is 4.89 Å². The Bertz CT molecular complexity index is 335. The Labute approximate surface area is 68.8 Å². The number of carbonyl (C=O) groups excluding carboxylic acids is 1. The van der Waals surface area contributed by atoms with Crippen LogP contribution in [0.4, 0.5) is 0 Å². The number of fused-ring (bicyclic) bond motifs is 1. The van der Waals surface area contributed by atoms with Crippen molar-refractivity contribution in [1.82, 2.24) is 5.73 Å². The van der Waals surface area contributed by atoms with Crippen LogP contribution in [0.15, 0.2) is 18.2 Å². The highest BCUT2D eigenvalue weighted by Crippen LogP contribution is 2.26. The summed E-state index contributed by atoms with van der Waals surface area (Å²) < 4.78 is 0. The Morgan fingerprint density at radius 2 is 2.33 bits per heavy atom. The van der Waals surface area contributed by atoms with Crippen LogP contribution >= 0.6 is 0 Å². The zero-order valence-electron chi connectivity index (χ0n) is 6.16. The molecule has 0 unspecified atom stereocenters. The summed E-state index contributed by atoms with van der Waals surface area (Å²) in [5.74, 6) is -0.179. The first-order valence-electron chi connectivity index (χ1n) is 3.46. The third kappa shape index (κ3) is 1.02. The number of hydrogen-bond donors (Lipinski definition) is 0. The lowest BCUT2D eigenvalue weighted by Crippen LogP contribution is -1.98. The molecule has 1 aliphatic rings. The largest absolute Gasteiger partial charge is 0.337 e. The van der Waals surface area contributed by atoms with E-state index in [9.17, 15) is 4.79 Å². The zero-order chi connectivity index (χ0) is 8.55. The summed E-state index contributed by atoms with van der Waals surface area (Å²) in [6, 6.07) is 4.83. The van der Waals surface area contributed by atoms with E-state index < -0.39 is 5.91 Å². The highest BCUT2D eigenvalue weighted by atomic mass is 17.2. The van der Waals surface area contributed by atoms with E-state index in [0.717, 1.165) is 5.56 Å². The number of benzene rings is 1. The summed E-state index contributed by atoms with van der Waals surface area (Å²) in [4.78, 5) is 20.0. The van der Waals surface area contributed by atoms with Crippen LogP contribution in [0.1, 0.15) is 15.9 Å². The lowest BCUT2D eigenvalue weighted by molar-refractivity contribution is -0.194. The molecule has 61 valence electrons. The summed E-state index contributed by atoms with van der Waals surface area (Å²) in [7, 11) is 0. The van der Waals surface area contributed by atoms with Gasteiger partial charge >= 0.3 is 0 Å². The van der Waals surface area contributed by atoms with Gasteiger partial charge in [-0.1, -0.05) is 6.07 Å². The zero-order valence-corrected chi connectivity index (χ0v) is 6.16. The smallest absolute Gasteiger partial charge is 0.269 e. The SMILES string of the molecule is [NH]C(=O)c1ccc2c(c1)OOC2. The Hall–Kier alpha value is -1.55. The maximum Gasteiger partial charge on any atom is 0.269 e. The number of rotatable bonds is 1. The highest BCUT2D eigenvalue weighted by Gasteiger charge is 2.15. The predicted molar refractivity (Wildman–Crippen MR) is 39.3 cm³/mol. The first-order valence-corrected chi connectivity index (χ1v) is 3.46. The molecule has 0 spiro atoms. The predicted octanol–water partition coefficient (Wildman–Crippen LogP) is 0.934. The second kappa shape index (κ2) is 2.49. The fourth-order valence-electron chi connectivity index (χ4n) is 1.05. The van der Waals surface area contributed by atoms with E-state index in [1.165, 1.54) is 6.07 Å². The van der Waals surface area contributed by atoms with Crippen molar-refractivity contribution in [2.45, 2.75) is 6.61 Å². The molecule has 0 aliphatic carbocycles. The monoisotopic (exact) mass is 164 g/mol. The fraction of sp³-hybridized carbons (Fsp3) is 0.125. The molecule has 1 aromatic rings. The molecule has 0 fully saturated rings. The van der Waals surface area contributed by atoms with Crippen molar-refractivity contribution in [3.05, 3.63) is 29.3 Å². The number of nitrogens with one attached hydrogen (secondary N) is 1. The van der Waals surface area contributed by atoms with E-state index in [1.807, 2.05) is 0 Å². The van der Waals surface area contributed by atoms with Gasteiger partial charge in [0.05, 0.1) is 0 Å². The summed E-state index contributed by atoms with van der Waals surface area (Å²) >= 11 is 0. The molecule has 1 amide bonds. The van der Waals surface area contributed by atoms with Gasteiger partial charge in [-0.25, -0.2) is 0 Å². The van der Waals surface area contributed by atoms with Crippen LogP contribution in [-0.2, 0) is 11.5 Å². The molecule has 4 heteroatoms. The van der Waals surface area contributed by atoms with Gasteiger partial charge in [0.2, 0.25) is 0 Å². The first-order chi connectivity index (χ1) is 5.77. The van der Waals surface area contributed by atoms with Gasteiger partial charge in [-0.3, -0.25) is 10.5 Å². The van der Waals surface area contributed by atoms with Gasteiger partial charge in [-0.05, 0) is 12.1 Å². The van der Waals surface area contributed by atoms with Crippen molar-refractivity contribution in [1.29, 1.82) is 0 Å². The van der Waals surface area contributed by atoms with Crippen molar-refractivity contribution >= 4 is 5.91 Å². The van der Waals surface area contributed by atoms with Crippen molar-refractivity contribution in [2.75, 3.05) is 0 Å². The molecule has 12 heavy (non-hydrogen) atoms. The van der Waals surface area contributed by atoms with Crippen molar-refractivity contribution in [3.8, 4) is 5.75 Å². The topological polar surface area (TPSA) is 59.3 Å². The minimum Gasteiger partial charge on any atom is -0.337 e. The molecule has 0 bridgehead atoms. The summed E-state index contributed by atoms with van der Waals surface area (Å²) in [6.07, 6.45) is 0. The lowest BCUT2D eigenvalue weighted by atomic mass is 10.1. The molecule has 1 aliphatic heterocycles. The highest BCUT2D eigenvalue weighted by molar-refractivity contribution is 5.92. The molecule has 4 nitrogen and oxygen atoms in total. The van der Waals surface area contributed by atoms with Gasteiger partial charge in [-0.2, -0.15) is 4.89 Å². The second-order valence-electron chi connectivity index (χ2n) is 2.50. The summed E-state index contributed by atoms with van der Waals surface area (Å²) in [5, 5.41) is 0. The Morgan fingerprint density at radius 3 is 3.08 bits per heavy atom. The lowest BCUT2D eigenvalue weighted by Gasteiger charge is -1.96. The third-order valence-electron chi connectivity index (χ3n) is 1.69. The Kier molecular flexibility index (Phi) is 1.48. The van der Waals surface area contributed by atoms with Crippen LogP contribution in [-0.4, -0.2) is 5.91 Å². The average Bonchev–Trinajstić information content (AvgIpc) is 2.49.